The maximum Gasteiger partial charge on any atom is 0.125 e. The SMILES string of the molecule is CC(C)NC1CCNc2cc(F)ccc21. The van der Waals surface area contributed by atoms with Gasteiger partial charge in [-0.1, -0.05) is 19.9 Å². The first kappa shape index (κ1) is 10.4. The molecule has 0 radical (unpaired) electrons. The van der Waals surface area contributed by atoms with E-state index in [2.05, 4.69) is 24.5 Å². The lowest BCUT2D eigenvalue weighted by atomic mass is 9.97. The Labute approximate surface area is 89.9 Å². The maximum absolute atomic E-state index is 13.0. The van der Waals surface area contributed by atoms with E-state index < -0.39 is 0 Å². The quantitative estimate of drug-likeness (QED) is 0.780. The first-order valence-electron chi connectivity index (χ1n) is 5.46. The molecule has 0 bridgehead atoms. The van der Waals surface area contributed by atoms with Crippen LogP contribution in [0.3, 0.4) is 0 Å². The number of rotatable bonds is 2. The van der Waals surface area contributed by atoms with Crippen molar-refractivity contribution in [3.63, 3.8) is 0 Å². The second-order valence-electron chi connectivity index (χ2n) is 4.32. The molecule has 1 unspecified atom stereocenters. The van der Waals surface area contributed by atoms with Gasteiger partial charge in [-0.15, -0.1) is 0 Å². The fraction of sp³-hybridized carbons (Fsp3) is 0.500. The Hall–Kier alpha value is -1.09. The summed E-state index contributed by atoms with van der Waals surface area (Å²) < 4.78 is 13.0. The van der Waals surface area contributed by atoms with Crippen molar-refractivity contribution in [1.82, 2.24) is 5.32 Å². The van der Waals surface area contributed by atoms with Crippen LogP contribution in [0.5, 0.6) is 0 Å². The summed E-state index contributed by atoms with van der Waals surface area (Å²) in [6.07, 6.45) is 1.05. The maximum atomic E-state index is 13.0. The van der Waals surface area contributed by atoms with E-state index >= 15 is 0 Å². The van der Waals surface area contributed by atoms with Gasteiger partial charge >= 0.3 is 0 Å². The number of hydrogen-bond acceptors (Lipinski definition) is 2. The minimum atomic E-state index is -0.175. The molecule has 1 atom stereocenters. The fourth-order valence-electron chi connectivity index (χ4n) is 2.07. The van der Waals surface area contributed by atoms with Crippen LogP contribution >= 0.6 is 0 Å². The average molecular weight is 208 g/mol. The number of nitrogens with one attached hydrogen (secondary N) is 2. The molecule has 1 aromatic rings. The number of fused-ring (bicyclic) bond motifs is 1. The van der Waals surface area contributed by atoms with Gasteiger partial charge in [0.15, 0.2) is 0 Å². The minimum absolute atomic E-state index is 0.175. The molecule has 0 amide bonds. The molecule has 0 spiro atoms. The van der Waals surface area contributed by atoms with Gasteiger partial charge in [-0.25, -0.2) is 4.39 Å². The predicted octanol–water partition coefficient (Wildman–Crippen LogP) is 2.68. The molecule has 0 aromatic heterocycles. The second kappa shape index (κ2) is 4.19. The Morgan fingerprint density at radius 2 is 2.27 bits per heavy atom. The Balaban J connectivity index is 2.26. The van der Waals surface area contributed by atoms with Crippen LogP contribution in [0.25, 0.3) is 0 Å². The van der Waals surface area contributed by atoms with Crippen molar-refractivity contribution in [2.45, 2.75) is 32.4 Å². The molecule has 1 aromatic carbocycles. The van der Waals surface area contributed by atoms with Crippen molar-refractivity contribution in [3.8, 4) is 0 Å². The van der Waals surface area contributed by atoms with E-state index in [1.807, 2.05) is 6.07 Å². The lowest BCUT2D eigenvalue weighted by molar-refractivity contribution is 0.452. The van der Waals surface area contributed by atoms with Crippen molar-refractivity contribution in [2.24, 2.45) is 0 Å². The van der Waals surface area contributed by atoms with Crippen molar-refractivity contribution in [2.75, 3.05) is 11.9 Å². The summed E-state index contributed by atoms with van der Waals surface area (Å²) in [4.78, 5) is 0. The van der Waals surface area contributed by atoms with Crippen molar-refractivity contribution >= 4 is 5.69 Å². The van der Waals surface area contributed by atoms with Gasteiger partial charge in [-0.05, 0) is 24.1 Å². The zero-order chi connectivity index (χ0) is 10.8. The number of benzene rings is 1. The van der Waals surface area contributed by atoms with Gasteiger partial charge in [-0.3, -0.25) is 0 Å². The van der Waals surface area contributed by atoms with E-state index in [4.69, 9.17) is 0 Å². The Morgan fingerprint density at radius 3 is 3.00 bits per heavy atom. The smallest absolute Gasteiger partial charge is 0.125 e. The third-order valence-electron chi connectivity index (χ3n) is 2.67. The normalized spacial score (nSPS) is 19.9. The zero-order valence-electron chi connectivity index (χ0n) is 9.18. The highest BCUT2D eigenvalue weighted by atomic mass is 19.1. The molecule has 2 N–H and O–H groups in total. The van der Waals surface area contributed by atoms with E-state index in [-0.39, 0.29) is 5.82 Å². The van der Waals surface area contributed by atoms with E-state index in [1.165, 1.54) is 11.6 Å². The molecule has 82 valence electrons. The summed E-state index contributed by atoms with van der Waals surface area (Å²) in [5.41, 5.74) is 2.11. The summed E-state index contributed by atoms with van der Waals surface area (Å²) in [6.45, 7) is 5.16. The van der Waals surface area contributed by atoms with Gasteiger partial charge in [0.25, 0.3) is 0 Å². The first-order valence-corrected chi connectivity index (χ1v) is 5.46. The molecule has 0 saturated heterocycles. The Bertz CT molecular complexity index is 349. The first-order chi connectivity index (χ1) is 7.16. The molecule has 0 fully saturated rings. The standard InChI is InChI=1S/C12H17FN2/c1-8(2)15-11-5-6-14-12-7-9(13)3-4-10(11)12/h3-4,7-8,11,14-15H,5-6H2,1-2H3. The molecular formula is C12H17FN2. The van der Waals surface area contributed by atoms with Gasteiger partial charge in [0.05, 0.1) is 0 Å². The van der Waals surface area contributed by atoms with Crippen LogP contribution in [0.2, 0.25) is 0 Å². The van der Waals surface area contributed by atoms with E-state index in [1.54, 1.807) is 6.07 Å². The average Bonchev–Trinajstić information content (AvgIpc) is 2.16. The molecular weight excluding hydrogens is 191 g/mol. The summed E-state index contributed by atoms with van der Waals surface area (Å²) >= 11 is 0. The highest BCUT2D eigenvalue weighted by molar-refractivity contribution is 5.54. The van der Waals surface area contributed by atoms with Gasteiger partial charge < -0.3 is 10.6 Å². The zero-order valence-corrected chi connectivity index (χ0v) is 9.18. The third kappa shape index (κ3) is 2.29. The van der Waals surface area contributed by atoms with Gasteiger partial charge in [0.1, 0.15) is 5.82 Å². The monoisotopic (exact) mass is 208 g/mol. The molecule has 3 heteroatoms. The van der Waals surface area contributed by atoms with Crippen LogP contribution in [0, 0.1) is 5.82 Å². The van der Waals surface area contributed by atoms with Crippen LogP contribution in [0.1, 0.15) is 31.9 Å². The van der Waals surface area contributed by atoms with E-state index in [0.717, 1.165) is 18.7 Å². The van der Waals surface area contributed by atoms with Crippen LogP contribution in [-0.2, 0) is 0 Å². The molecule has 1 heterocycles. The van der Waals surface area contributed by atoms with Crippen LogP contribution < -0.4 is 10.6 Å². The highest BCUT2D eigenvalue weighted by Crippen LogP contribution is 2.30. The fourth-order valence-corrected chi connectivity index (χ4v) is 2.07. The van der Waals surface area contributed by atoms with Crippen LogP contribution in [0.4, 0.5) is 10.1 Å². The van der Waals surface area contributed by atoms with Crippen molar-refractivity contribution in [3.05, 3.63) is 29.6 Å². The minimum Gasteiger partial charge on any atom is -0.385 e. The largest absolute Gasteiger partial charge is 0.385 e. The highest BCUT2D eigenvalue weighted by Gasteiger charge is 2.20. The molecule has 2 rings (SSSR count). The molecule has 0 aliphatic carbocycles. The second-order valence-corrected chi connectivity index (χ2v) is 4.32. The number of halogens is 1. The van der Waals surface area contributed by atoms with Crippen molar-refractivity contribution in [1.29, 1.82) is 0 Å². The summed E-state index contributed by atoms with van der Waals surface area (Å²) in [6, 6.07) is 5.77. The molecule has 15 heavy (non-hydrogen) atoms. The predicted molar refractivity (Wildman–Crippen MR) is 60.5 cm³/mol. The lowest BCUT2D eigenvalue weighted by Crippen LogP contribution is -2.32. The molecule has 0 saturated carbocycles. The van der Waals surface area contributed by atoms with Gasteiger partial charge in [0.2, 0.25) is 0 Å². The van der Waals surface area contributed by atoms with E-state index in [0.29, 0.717) is 12.1 Å². The van der Waals surface area contributed by atoms with Crippen LogP contribution in [0.15, 0.2) is 18.2 Å². The number of anilines is 1. The Kier molecular flexibility index (Phi) is 2.91. The topological polar surface area (TPSA) is 24.1 Å². The molecule has 2 nitrogen and oxygen atoms in total. The summed E-state index contributed by atoms with van der Waals surface area (Å²) in [5, 5.41) is 6.72. The van der Waals surface area contributed by atoms with Gasteiger partial charge in [0, 0.05) is 24.3 Å². The van der Waals surface area contributed by atoms with Crippen LogP contribution in [-0.4, -0.2) is 12.6 Å². The summed E-state index contributed by atoms with van der Waals surface area (Å²) in [7, 11) is 0. The third-order valence-corrected chi connectivity index (χ3v) is 2.67. The van der Waals surface area contributed by atoms with Gasteiger partial charge in [-0.2, -0.15) is 0 Å². The Morgan fingerprint density at radius 1 is 1.47 bits per heavy atom. The van der Waals surface area contributed by atoms with E-state index in [9.17, 15) is 4.39 Å². The number of hydrogen-bond donors (Lipinski definition) is 2. The molecule has 1 aliphatic rings. The summed E-state index contributed by atoms with van der Waals surface area (Å²) in [5.74, 6) is -0.175. The molecule has 1 aliphatic heterocycles. The lowest BCUT2D eigenvalue weighted by Gasteiger charge is -2.29. The van der Waals surface area contributed by atoms with Crippen molar-refractivity contribution < 1.29 is 4.39 Å².